The Balaban J connectivity index is 2.75. The van der Waals surface area contributed by atoms with Gasteiger partial charge in [-0.3, -0.25) is 4.79 Å². The van der Waals surface area contributed by atoms with Crippen molar-refractivity contribution < 1.29 is 19.8 Å². The van der Waals surface area contributed by atoms with Crippen LogP contribution in [-0.4, -0.2) is 34.7 Å². The first kappa shape index (κ1) is 13.1. The van der Waals surface area contributed by atoms with Gasteiger partial charge in [0.25, 0.3) is 5.91 Å². The van der Waals surface area contributed by atoms with Crippen molar-refractivity contribution in [2.24, 2.45) is 0 Å². The summed E-state index contributed by atoms with van der Waals surface area (Å²) in [7, 11) is 0. The molecule has 16 heavy (non-hydrogen) atoms. The number of halogens is 1. The number of rotatable bonds is 4. The van der Waals surface area contributed by atoms with Gasteiger partial charge >= 0.3 is 5.97 Å². The van der Waals surface area contributed by atoms with Gasteiger partial charge in [0.15, 0.2) is 6.04 Å². The van der Waals surface area contributed by atoms with E-state index in [1.165, 1.54) is 11.3 Å². The van der Waals surface area contributed by atoms with Crippen molar-refractivity contribution >= 4 is 39.1 Å². The number of amides is 1. The third-order valence-corrected chi connectivity index (χ3v) is 4.00. The second-order valence-electron chi connectivity index (χ2n) is 3.11. The number of hydrogen-bond donors (Lipinski definition) is 3. The summed E-state index contributed by atoms with van der Waals surface area (Å²) in [5.41, 5.74) is 0.908. The van der Waals surface area contributed by atoms with E-state index in [4.69, 9.17) is 10.2 Å². The Morgan fingerprint density at radius 3 is 2.62 bits per heavy atom. The number of carboxylic acids is 1. The number of nitrogens with one attached hydrogen (secondary N) is 1. The Labute approximate surface area is 104 Å². The zero-order chi connectivity index (χ0) is 12.3. The molecular weight excluding hydrogens is 298 g/mol. The van der Waals surface area contributed by atoms with Crippen LogP contribution in [0.4, 0.5) is 0 Å². The maximum absolute atomic E-state index is 11.6. The molecule has 1 amide bonds. The summed E-state index contributed by atoms with van der Waals surface area (Å²) in [6, 6.07) is 0.383. The van der Waals surface area contributed by atoms with Crippen LogP contribution >= 0.6 is 27.3 Å². The molecule has 0 unspecified atom stereocenters. The molecule has 5 nitrogen and oxygen atoms in total. The second kappa shape index (κ2) is 5.42. The van der Waals surface area contributed by atoms with Crippen LogP contribution in [0.1, 0.15) is 15.2 Å². The van der Waals surface area contributed by atoms with E-state index >= 15 is 0 Å². The van der Waals surface area contributed by atoms with Gasteiger partial charge in [-0.15, -0.1) is 11.3 Å². The third-order valence-electron chi connectivity index (χ3n) is 1.87. The fraction of sp³-hybridized carbons (Fsp3) is 0.333. The van der Waals surface area contributed by atoms with Gasteiger partial charge in [0.1, 0.15) is 0 Å². The molecule has 0 saturated heterocycles. The Morgan fingerprint density at radius 2 is 2.25 bits per heavy atom. The highest BCUT2D eigenvalue weighted by Crippen LogP contribution is 2.27. The molecule has 1 heterocycles. The Hall–Kier alpha value is -0.920. The van der Waals surface area contributed by atoms with Gasteiger partial charge in [0, 0.05) is 0 Å². The molecule has 0 spiro atoms. The van der Waals surface area contributed by atoms with E-state index in [0.717, 1.165) is 9.35 Å². The zero-order valence-corrected chi connectivity index (χ0v) is 10.8. The van der Waals surface area contributed by atoms with E-state index in [-0.39, 0.29) is 0 Å². The van der Waals surface area contributed by atoms with Crippen LogP contribution in [0.2, 0.25) is 0 Å². The molecule has 0 saturated carbocycles. The monoisotopic (exact) mass is 307 g/mol. The molecule has 1 aromatic heterocycles. The van der Waals surface area contributed by atoms with E-state index < -0.39 is 24.5 Å². The van der Waals surface area contributed by atoms with Crippen molar-refractivity contribution in [1.82, 2.24) is 5.32 Å². The number of hydrogen-bond acceptors (Lipinski definition) is 4. The number of carbonyl (C=O) groups excluding carboxylic acids is 1. The van der Waals surface area contributed by atoms with E-state index in [1.807, 2.05) is 6.92 Å². The molecule has 1 aromatic rings. The van der Waals surface area contributed by atoms with Crippen LogP contribution in [0.15, 0.2) is 9.85 Å². The predicted molar refractivity (Wildman–Crippen MR) is 62.7 cm³/mol. The molecule has 0 fully saturated rings. The SMILES string of the molecule is Cc1cc(C(=O)N[C@@H](CO)C(=O)O)sc1Br. The lowest BCUT2D eigenvalue weighted by molar-refractivity contribution is -0.140. The molecule has 3 N–H and O–H groups in total. The van der Waals surface area contributed by atoms with Crippen molar-refractivity contribution in [1.29, 1.82) is 0 Å². The van der Waals surface area contributed by atoms with Gasteiger partial charge in [0.2, 0.25) is 0 Å². The standard InChI is InChI=1S/C9H10BrNO4S/c1-4-2-6(16-7(4)10)8(13)11-5(3-12)9(14)15/h2,5,12H,3H2,1H3,(H,11,13)(H,14,15)/t5-/m0/s1. The summed E-state index contributed by atoms with van der Waals surface area (Å²) in [6.45, 7) is 1.20. The minimum Gasteiger partial charge on any atom is -0.480 e. The highest BCUT2D eigenvalue weighted by Gasteiger charge is 2.20. The number of aliphatic hydroxyl groups excluding tert-OH is 1. The Morgan fingerprint density at radius 1 is 1.62 bits per heavy atom. The number of carbonyl (C=O) groups is 2. The maximum atomic E-state index is 11.6. The fourth-order valence-corrected chi connectivity index (χ4v) is 2.42. The van der Waals surface area contributed by atoms with Crippen LogP contribution in [0, 0.1) is 6.92 Å². The van der Waals surface area contributed by atoms with Crippen molar-refractivity contribution in [3.8, 4) is 0 Å². The zero-order valence-electron chi connectivity index (χ0n) is 8.36. The largest absolute Gasteiger partial charge is 0.480 e. The topological polar surface area (TPSA) is 86.6 Å². The Bertz CT molecular complexity index is 398. The normalized spacial score (nSPS) is 12.2. The number of aliphatic hydroxyl groups is 1. The molecule has 7 heteroatoms. The minimum atomic E-state index is -1.27. The lowest BCUT2D eigenvalue weighted by Crippen LogP contribution is -2.43. The molecule has 0 aliphatic carbocycles. The average Bonchev–Trinajstić information content (AvgIpc) is 2.55. The summed E-state index contributed by atoms with van der Waals surface area (Å²) in [4.78, 5) is 22.6. The van der Waals surface area contributed by atoms with Crippen molar-refractivity contribution in [2.45, 2.75) is 13.0 Å². The Kier molecular flexibility index (Phi) is 4.45. The van der Waals surface area contributed by atoms with Gasteiger partial charge in [-0.1, -0.05) is 0 Å². The first-order chi connectivity index (χ1) is 7.45. The van der Waals surface area contributed by atoms with Crippen LogP contribution in [-0.2, 0) is 4.79 Å². The second-order valence-corrected chi connectivity index (χ2v) is 5.48. The lowest BCUT2D eigenvalue weighted by atomic mass is 10.3. The van der Waals surface area contributed by atoms with Crippen LogP contribution in [0.5, 0.6) is 0 Å². The van der Waals surface area contributed by atoms with Crippen LogP contribution in [0.3, 0.4) is 0 Å². The van der Waals surface area contributed by atoms with E-state index in [2.05, 4.69) is 21.2 Å². The first-order valence-corrected chi connectivity index (χ1v) is 5.97. The quantitative estimate of drug-likeness (QED) is 0.774. The van der Waals surface area contributed by atoms with Crippen LogP contribution in [0.25, 0.3) is 0 Å². The molecule has 0 aliphatic heterocycles. The molecule has 0 aliphatic rings. The highest BCUT2D eigenvalue weighted by molar-refractivity contribution is 9.11. The third kappa shape index (κ3) is 3.03. The fourth-order valence-electron chi connectivity index (χ4n) is 0.987. The summed E-state index contributed by atoms with van der Waals surface area (Å²) in [5.74, 6) is -1.76. The molecule has 88 valence electrons. The van der Waals surface area contributed by atoms with Gasteiger partial charge < -0.3 is 15.5 Å². The van der Waals surface area contributed by atoms with E-state index in [1.54, 1.807) is 6.07 Å². The summed E-state index contributed by atoms with van der Waals surface area (Å²) < 4.78 is 0.827. The number of aliphatic carboxylic acids is 1. The molecule has 1 rings (SSSR count). The molecule has 0 bridgehead atoms. The molecule has 0 radical (unpaired) electrons. The van der Waals surface area contributed by atoms with E-state index in [9.17, 15) is 9.59 Å². The summed E-state index contributed by atoms with van der Waals surface area (Å²) in [6.07, 6.45) is 0. The average molecular weight is 308 g/mol. The summed E-state index contributed by atoms with van der Waals surface area (Å²) in [5, 5.41) is 19.6. The molecule has 1 atom stereocenters. The maximum Gasteiger partial charge on any atom is 0.328 e. The summed E-state index contributed by atoms with van der Waals surface area (Å²) >= 11 is 4.49. The minimum absolute atomic E-state index is 0.407. The number of carboxylic acid groups (broad SMARTS) is 1. The van der Waals surface area contributed by atoms with Gasteiger partial charge in [-0.25, -0.2) is 4.79 Å². The lowest BCUT2D eigenvalue weighted by Gasteiger charge is -2.10. The van der Waals surface area contributed by atoms with Gasteiger partial charge in [0.05, 0.1) is 15.3 Å². The van der Waals surface area contributed by atoms with Crippen molar-refractivity contribution in [3.05, 3.63) is 20.3 Å². The highest BCUT2D eigenvalue weighted by atomic mass is 79.9. The first-order valence-electron chi connectivity index (χ1n) is 4.36. The van der Waals surface area contributed by atoms with Gasteiger partial charge in [-0.2, -0.15) is 0 Å². The van der Waals surface area contributed by atoms with Crippen molar-refractivity contribution in [3.63, 3.8) is 0 Å². The predicted octanol–water partition coefficient (Wildman–Crippen LogP) is 0.994. The molecule has 0 aromatic carbocycles. The van der Waals surface area contributed by atoms with Gasteiger partial charge in [-0.05, 0) is 34.5 Å². The number of aryl methyl sites for hydroxylation is 1. The smallest absolute Gasteiger partial charge is 0.328 e. The van der Waals surface area contributed by atoms with E-state index in [0.29, 0.717) is 4.88 Å². The van der Waals surface area contributed by atoms with Crippen molar-refractivity contribution in [2.75, 3.05) is 6.61 Å². The number of thiophene rings is 1. The van der Waals surface area contributed by atoms with Crippen LogP contribution < -0.4 is 5.32 Å². The molecular formula is C9H10BrNO4S.